The molecule has 0 bridgehead atoms. The van der Waals surface area contributed by atoms with Crippen molar-refractivity contribution in [3.8, 4) is 0 Å². The third kappa shape index (κ3) is 5.01. The maximum absolute atomic E-state index is 11.5. The zero-order valence-corrected chi connectivity index (χ0v) is 8.81. The van der Waals surface area contributed by atoms with Gasteiger partial charge in [0.1, 0.15) is 0 Å². The second kappa shape index (κ2) is 6.11. The van der Waals surface area contributed by atoms with Crippen LogP contribution in [0.5, 0.6) is 0 Å². The first-order valence-electron chi connectivity index (χ1n) is 5.07. The maximum atomic E-state index is 11.5. The summed E-state index contributed by atoms with van der Waals surface area (Å²) in [6, 6.07) is 0. The Balaban J connectivity index is 3.62. The van der Waals surface area contributed by atoms with Crippen LogP contribution in [-0.2, 0) is 4.79 Å². The van der Waals surface area contributed by atoms with Gasteiger partial charge < -0.3 is 11.5 Å². The van der Waals surface area contributed by atoms with Gasteiger partial charge in [-0.15, -0.1) is 0 Å². The summed E-state index contributed by atoms with van der Waals surface area (Å²) in [5.41, 5.74) is 10.5. The first-order chi connectivity index (χ1) is 6.04. The molecule has 0 aliphatic heterocycles. The van der Waals surface area contributed by atoms with Gasteiger partial charge in [0.2, 0.25) is 0 Å². The van der Waals surface area contributed by atoms with Gasteiger partial charge in [0, 0.05) is 6.42 Å². The van der Waals surface area contributed by atoms with Crippen LogP contribution in [0.1, 0.15) is 46.0 Å². The number of unbranched alkanes of at least 4 members (excludes halogenated alkanes) is 2. The number of Topliss-reactive ketones (excluding diaryl/α,β-unsaturated/α-hetero) is 1. The van der Waals surface area contributed by atoms with E-state index in [0.717, 1.165) is 19.3 Å². The Morgan fingerprint density at radius 1 is 1.31 bits per heavy atom. The summed E-state index contributed by atoms with van der Waals surface area (Å²) in [5.74, 6) is 0.173. The highest BCUT2D eigenvalue weighted by Crippen LogP contribution is 2.11. The van der Waals surface area contributed by atoms with Crippen LogP contribution in [0.3, 0.4) is 0 Å². The Morgan fingerprint density at radius 3 is 2.38 bits per heavy atom. The van der Waals surface area contributed by atoms with Crippen molar-refractivity contribution in [2.75, 3.05) is 6.54 Å². The fourth-order valence-electron chi connectivity index (χ4n) is 1.09. The van der Waals surface area contributed by atoms with Crippen LogP contribution in [0.4, 0.5) is 0 Å². The molecule has 0 aromatic rings. The molecule has 0 heterocycles. The Labute approximate surface area is 80.9 Å². The van der Waals surface area contributed by atoms with Gasteiger partial charge >= 0.3 is 0 Å². The average molecular weight is 186 g/mol. The predicted molar refractivity (Wildman–Crippen MR) is 55.4 cm³/mol. The molecule has 0 saturated carbocycles. The smallest absolute Gasteiger partial charge is 0.152 e. The minimum atomic E-state index is -0.622. The van der Waals surface area contributed by atoms with Crippen LogP contribution in [0.2, 0.25) is 0 Å². The van der Waals surface area contributed by atoms with Crippen molar-refractivity contribution < 1.29 is 4.79 Å². The van der Waals surface area contributed by atoms with Crippen LogP contribution >= 0.6 is 0 Å². The zero-order chi connectivity index (χ0) is 10.3. The molecule has 4 N–H and O–H groups in total. The molecule has 0 saturated heterocycles. The van der Waals surface area contributed by atoms with Crippen molar-refractivity contribution in [1.29, 1.82) is 0 Å². The fraction of sp³-hybridized carbons (Fsp3) is 0.900. The van der Waals surface area contributed by atoms with Crippen molar-refractivity contribution in [2.24, 2.45) is 11.5 Å². The minimum Gasteiger partial charge on any atom is -0.330 e. The van der Waals surface area contributed by atoms with Crippen molar-refractivity contribution in [3.63, 3.8) is 0 Å². The minimum absolute atomic E-state index is 0.173. The second-order valence-electron chi connectivity index (χ2n) is 3.79. The number of hydrogen-bond acceptors (Lipinski definition) is 3. The predicted octanol–water partition coefficient (Wildman–Crippen LogP) is 1.20. The molecule has 0 radical (unpaired) electrons. The monoisotopic (exact) mass is 186 g/mol. The molecule has 1 unspecified atom stereocenters. The number of carbonyl (C=O) groups is 1. The number of hydrogen-bond donors (Lipinski definition) is 2. The van der Waals surface area contributed by atoms with Gasteiger partial charge in [0.25, 0.3) is 0 Å². The SMILES string of the molecule is CCC(C)(N)C(=O)CCCCCN. The lowest BCUT2D eigenvalue weighted by Gasteiger charge is -2.20. The molecule has 0 amide bonds. The van der Waals surface area contributed by atoms with Gasteiger partial charge in [-0.2, -0.15) is 0 Å². The van der Waals surface area contributed by atoms with Gasteiger partial charge in [0.15, 0.2) is 5.78 Å². The maximum Gasteiger partial charge on any atom is 0.152 e. The van der Waals surface area contributed by atoms with E-state index in [0.29, 0.717) is 19.4 Å². The quantitative estimate of drug-likeness (QED) is 0.587. The van der Waals surface area contributed by atoms with Gasteiger partial charge in [0.05, 0.1) is 5.54 Å². The van der Waals surface area contributed by atoms with E-state index in [9.17, 15) is 4.79 Å². The summed E-state index contributed by atoms with van der Waals surface area (Å²) in [6.07, 6.45) is 4.26. The molecule has 0 rings (SSSR count). The van der Waals surface area contributed by atoms with E-state index in [-0.39, 0.29) is 5.78 Å². The fourth-order valence-corrected chi connectivity index (χ4v) is 1.09. The van der Waals surface area contributed by atoms with Crippen molar-refractivity contribution in [3.05, 3.63) is 0 Å². The third-order valence-corrected chi connectivity index (χ3v) is 2.48. The molecular formula is C10H22N2O. The standard InChI is InChI=1S/C10H22N2O/c1-3-10(2,12)9(13)7-5-4-6-8-11/h3-8,11-12H2,1-2H3. The van der Waals surface area contributed by atoms with Crippen molar-refractivity contribution in [2.45, 2.75) is 51.5 Å². The van der Waals surface area contributed by atoms with Crippen LogP contribution in [0, 0.1) is 0 Å². The summed E-state index contributed by atoms with van der Waals surface area (Å²) in [5, 5.41) is 0. The number of carbonyl (C=O) groups excluding carboxylic acids is 1. The number of ketones is 1. The van der Waals surface area contributed by atoms with Crippen LogP contribution in [-0.4, -0.2) is 17.9 Å². The molecule has 13 heavy (non-hydrogen) atoms. The van der Waals surface area contributed by atoms with Crippen LogP contribution < -0.4 is 11.5 Å². The van der Waals surface area contributed by atoms with E-state index in [1.165, 1.54) is 0 Å². The zero-order valence-electron chi connectivity index (χ0n) is 8.81. The van der Waals surface area contributed by atoms with E-state index in [4.69, 9.17) is 11.5 Å². The molecule has 1 atom stereocenters. The second-order valence-corrected chi connectivity index (χ2v) is 3.79. The first kappa shape index (κ1) is 12.6. The van der Waals surface area contributed by atoms with Gasteiger partial charge in [-0.25, -0.2) is 0 Å². The summed E-state index contributed by atoms with van der Waals surface area (Å²) in [6.45, 7) is 4.46. The highest BCUT2D eigenvalue weighted by atomic mass is 16.1. The topological polar surface area (TPSA) is 69.1 Å². The normalized spacial score (nSPS) is 15.4. The molecule has 0 fully saturated rings. The van der Waals surface area contributed by atoms with E-state index >= 15 is 0 Å². The number of nitrogens with two attached hydrogens (primary N) is 2. The molecule has 0 aliphatic carbocycles. The van der Waals surface area contributed by atoms with Gasteiger partial charge in [-0.05, 0) is 32.7 Å². The average Bonchev–Trinajstić information content (AvgIpc) is 2.12. The largest absolute Gasteiger partial charge is 0.330 e. The van der Waals surface area contributed by atoms with Crippen LogP contribution in [0.25, 0.3) is 0 Å². The van der Waals surface area contributed by atoms with E-state index in [2.05, 4.69) is 0 Å². The van der Waals surface area contributed by atoms with Gasteiger partial charge in [-0.3, -0.25) is 4.79 Å². The Morgan fingerprint density at radius 2 is 1.92 bits per heavy atom. The molecule has 0 aromatic heterocycles. The molecule has 0 aromatic carbocycles. The first-order valence-corrected chi connectivity index (χ1v) is 5.07. The highest BCUT2D eigenvalue weighted by Gasteiger charge is 2.24. The summed E-state index contributed by atoms with van der Waals surface area (Å²) >= 11 is 0. The summed E-state index contributed by atoms with van der Waals surface area (Å²) in [7, 11) is 0. The number of rotatable bonds is 7. The summed E-state index contributed by atoms with van der Waals surface area (Å²) < 4.78 is 0. The molecular weight excluding hydrogens is 164 g/mol. The van der Waals surface area contributed by atoms with E-state index in [1.54, 1.807) is 6.92 Å². The molecule has 0 spiro atoms. The summed E-state index contributed by atoms with van der Waals surface area (Å²) in [4.78, 5) is 11.5. The van der Waals surface area contributed by atoms with Gasteiger partial charge in [-0.1, -0.05) is 13.3 Å². The lowest BCUT2D eigenvalue weighted by atomic mass is 9.91. The van der Waals surface area contributed by atoms with E-state index < -0.39 is 5.54 Å². The van der Waals surface area contributed by atoms with Crippen LogP contribution in [0.15, 0.2) is 0 Å². The van der Waals surface area contributed by atoms with Crippen molar-refractivity contribution in [1.82, 2.24) is 0 Å². The van der Waals surface area contributed by atoms with Crippen molar-refractivity contribution >= 4 is 5.78 Å². The Kier molecular flexibility index (Phi) is 5.91. The highest BCUT2D eigenvalue weighted by molar-refractivity contribution is 5.87. The third-order valence-electron chi connectivity index (χ3n) is 2.48. The lowest BCUT2D eigenvalue weighted by Crippen LogP contribution is -2.44. The molecule has 3 nitrogen and oxygen atoms in total. The Bertz CT molecular complexity index is 155. The molecule has 3 heteroatoms. The Hall–Kier alpha value is -0.410. The molecule has 78 valence electrons. The van der Waals surface area contributed by atoms with E-state index in [1.807, 2.05) is 6.92 Å². The lowest BCUT2D eigenvalue weighted by molar-refractivity contribution is -0.123. The molecule has 0 aliphatic rings.